The van der Waals surface area contributed by atoms with Crippen LogP contribution in [0.3, 0.4) is 0 Å². The van der Waals surface area contributed by atoms with Gasteiger partial charge in [0.25, 0.3) is 0 Å². The molecule has 0 aliphatic carbocycles. The Labute approximate surface area is 93.8 Å². The highest BCUT2D eigenvalue weighted by Gasteiger charge is 2.33. The summed E-state index contributed by atoms with van der Waals surface area (Å²) < 4.78 is 0. The van der Waals surface area contributed by atoms with Crippen molar-refractivity contribution < 1.29 is 0 Å². The number of rotatable bonds is 1. The lowest BCUT2D eigenvalue weighted by atomic mass is 10.0. The molecular weight excluding hydrogens is 206 g/mol. The van der Waals surface area contributed by atoms with Gasteiger partial charge in [-0.15, -0.1) is 0 Å². The van der Waals surface area contributed by atoms with Crippen molar-refractivity contribution in [1.29, 1.82) is 0 Å². The first-order valence-electron chi connectivity index (χ1n) is 5.44. The quantitative estimate of drug-likeness (QED) is 0.783. The molecule has 2 aliphatic heterocycles. The van der Waals surface area contributed by atoms with E-state index in [4.69, 9.17) is 0 Å². The van der Waals surface area contributed by atoms with Gasteiger partial charge in [0.1, 0.15) is 0 Å². The molecular formula is C11H15N3S. The predicted molar refractivity (Wildman–Crippen MR) is 63.3 cm³/mol. The maximum Gasteiger partial charge on any atom is 0.194 e. The first kappa shape index (κ1) is 9.21. The maximum absolute atomic E-state index is 4.54. The van der Waals surface area contributed by atoms with E-state index in [1.165, 1.54) is 5.56 Å². The Bertz CT molecular complexity index is 371. The predicted octanol–water partition coefficient (Wildman–Crippen LogP) is 1.84. The zero-order valence-electron chi connectivity index (χ0n) is 8.81. The van der Waals surface area contributed by atoms with Crippen LogP contribution in [0.15, 0.2) is 21.8 Å². The molecule has 0 aromatic carbocycles. The first-order valence-corrected chi connectivity index (χ1v) is 6.38. The Hall–Kier alpha value is -1.03. The van der Waals surface area contributed by atoms with Crippen LogP contribution in [0.1, 0.15) is 24.9 Å². The molecule has 0 spiro atoms. The van der Waals surface area contributed by atoms with Crippen LogP contribution < -0.4 is 5.32 Å². The molecule has 2 unspecified atom stereocenters. The molecule has 0 amide bonds. The molecule has 3 nitrogen and oxygen atoms in total. The highest BCUT2D eigenvalue weighted by molar-refractivity contribution is 7.07. The summed E-state index contributed by atoms with van der Waals surface area (Å²) >= 11 is 1.78. The summed E-state index contributed by atoms with van der Waals surface area (Å²) in [5, 5.41) is 7.85. The fourth-order valence-electron chi connectivity index (χ4n) is 2.40. The molecule has 80 valence electrons. The largest absolute Gasteiger partial charge is 0.352 e. The minimum atomic E-state index is 0.531. The number of thiophene rings is 1. The van der Waals surface area contributed by atoms with Crippen LogP contribution in [0, 0.1) is 0 Å². The van der Waals surface area contributed by atoms with E-state index in [1.807, 2.05) is 0 Å². The third-order valence-corrected chi connectivity index (χ3v) is 3.79. The summed E-state index contributed by atoms with van der Waals surface area (Å²) in [6.45, 7) is 4.25. The maximum atomic E-state index is 4.54. The Balaban J connectivity index is 1.89. The Morgan fingerprint density at radius 2 is 2.53 bits per heavy atom. The van der Waals surface area contributed by atoms with Gasteiger partial charge in [0.2, 0.25) is 0 Å². The molecule has 0 radical (unpaired) electrons. The van der Waals surface area contributed by atoms with E-state index in [9.17, 15) is 0 Å². The number of hydrogen-bond acceptors (Lipinski definition) is 4. The summed E-state index contributed by atoms with van der Waals surface area (Å²) in [6, 6.07) is 3.31. The zero-order valence-corrected chi connectivity index (χ0v) is 9.63. The zero-order chi connectivity index (χ0) is 10.3. The van der Waals surface area contributed by atoms with Crippen LogP contribution in [0.4, 0.5) is 0 Å². The van der Waals surface area contributed by atoms with Gasteiger partial charge >= 0.3 is 0 Å². The average molecular weight is 221 g/mol. The molecule has 1 saturated heterocycles. The third kappa shape index (κ3) is 1.53. The van der Waals surface area contributed by atoms with Gasteiger partial charge in [0, 0.05) is 19.1 Å². The topological polar surface area (TPSA) is 27.6 Å². The highest BCUT2D eigenvalue weighted by atomic mass is 32.1. The molecule has 1 aromatic rings. The second-order valence-corrected chi connectivity index (χ2v) is 5.04. The summed E-state index contributed by atoms with van der Waals surface area (Å²) in [4.78, 5) is 6.95. The third-order valence-electron chi connectivity index (χ3n) is 3.09. The fraction of sp³-hybridized carbons (Fsp3) is 0.545. The summed E-state index contributed by atoms with van der Waals surface area (Å²) in [7, 11) is 0. The molecule has 1 aromatic heterocycles. The highest BCUT2D eigenvalue weighted by Crippen LogP contribution is 2.30. The van der Waals surface area contributed by atoms with E-state index in [-0.39, 0.29) is 0 Å². The molecule has 3 rings (SSSR count). The van der Waals surface area contributed by atoms with Crippen molar-refractivity contribution >= 4 is 17.3 Å². The first-order chi connectivity index (χ1) is 7.34. The Morgan fingerprint density at radius 3 is 3.33 bits per heavy atom. The van der Waals surface area contributed by atoms with Gasteiger partial charge in [0.15, 0.2) is 5.96 Å². The van der Waals surface area contributed by atoms with E-state index < -0.39 is 0 Å². The van der Waals surface area contributed by atoms with E-state index in [1.54, 1.807) is 11.3 Å². The van der Waals surface area contributed by atoms with Crippen LogP contribution in [-0.2, 0) is 0 Å². The minimum absolute atomic E-state index is 0.531. The number of nitrogens with one attached hydrogen (secondary N) is 1. The lowest BCUT2D eigenvalue weighted by Gasteiger charge is -2.31. The van der Waals surface area contributed by atoms with E-state index in [0.29, 0.717) is 12.1 Å². The van der Waals surface area contributed by atoms with Gasteiger partial charge in [-0.25, -0.2) is 0 Å². The summed E-state index contributed by atoms with van der Waals surface area (Å²) in [6.07, 6.45) is 1.15. The molecule has 3 heterocycles. The molecule has 15 heavy (non-hydrogen) atoms. The van der Waals surface area contributed by atoms with Gasteiger partial charge in [-0.3, -0.25) is 4.99 Å². The molecule has 4 heteroatoms. The number of guanidine groups is 1. The lowest BCUT2D eigenvalue weighted by molar-refractivity contribution is 0.305. The molecule has 0 bridgehead atoms. The fourth-order valence-corrected chi connectivity index (χ4v) is 3.11. The molecule has 2 atom stereocenters. The summed E-state index contributed by atoms with van der Waals surface area (Å²) in [5.41, 5.74) is 1.45. The van der Waals surface area contributed by atoms with Crippen LogP contribution in [0.5, 0.6) is 0 Å². The van der Waals surface area contributed by atoms with Crippen molar-refractivity contribution in [2.75, 3.05) is 13.1 Å². The van der Waals surface area contributed by atoms with Gasteiger partial charge in [-0.2, -0.15) is 11.3 Å². The van der Waals surface area contributed by atoms with Crippen molar-refractivity contribution in [1.82, 2.24) is 10.2 Å². The molecule has 1 N–H and O–H groups in total. The van der Waals surface area contributed by atoms with Crippen molar-refractivity contribution in [2.24, 2.45) is 4.99 Å². The van der Waals surface area contributed by atoms with Crippen molar-refractivity contribution in [3.05, 3.63) is 22.4 Å². The monoisotopic (exact) mass is 221 g/mol. The van der Waals surface area contributed by atoms with Crippen molar-refractivity contribution in [2.45, 2.75) is 25.4 Å². The van der Waals surface area contributed by atoms with Gasteiger partial charge in [-0.1, -0.05) is 0 Å². The van der Waals surface area contributed by atoms with Crippen molar-refractivity contribution in [3.63, 3.8) is 0 Å². The van der Waals surface area contributed by atoms with Crippen LogP contribution in [0.2, 0.25) is 0 Å². The van der Waals surface area contributed by atoms with Gasteiger partial charge in [-0.05, 0) is 35.7 Å². The van der Waals surface area contributed by atoms with Gasteiger partial charge in [0.05, 0.1) is 6.04 Å². The normalized spacial score (nSPS) is 29.7. The molecule has 1 fully saturated rings. The van der Waals surface area contributed by atoms with Crippen LogP contribution >= 0.6 is 11.3 Å². The van der Waals surface area contributed by atoms with E-state index >= 15 is 0 Å². The standard InChI is InChI=1S/C11H15N3S/c1-8-6-14-10(9-3-5-15-7-9)2-4-12-11(14)13-8/h3,5,7-8,10H,2,4,6H2,1H3,(H,12,13). The summed E-state index contributed by atoms with van der Waals surface area (Å²) in [5.74, 6) is 1.10. The van der Waals surface area contributed by atoms with Crippen molar-refractivity contribution in [3.8, 4) is 0 Å². The number of fused-ring (bicyclic) bond motifs is 1. The van der Waals surface area contributed by atoms with E-state index in [2.05, 4.69) is 39.0 Å². The molecule has 2 aliphatic rings. The smallest absolute Gasteiger partial charge is 0.194 e. The lowest BCUT2D eigenvalue weighted by Crippen LogP contribution is -2.37. The van der Waals surface area contributed by atoms with Crippen LogP contribution in [-0.4, -0.2) is 30.0 Å². The second-order valence-electron chi connectivity index (χ2n) is 4.26. The molecule has 0 saturated carbocycles. The van der Waals surface area contributed by atoms with Gasteiger partial charge < -0.3 is 10.2 Å². The average Bonchev–Trinajstić information content (AvgIpc) is 2.82. The minimum Gasteiger partial charge on any atom is -0.352 e. The number of hydrogen-bond donors (Lipinski definition) is 1. The second kappa shape index (κ2) is 3.52. The van der Waals surface area contributed by atoms with Crippen LogP contribution in [0.25, 0.3) is 0 Å². The SMILES string of the molecule is CC1CN2C(=NCCC2c2ccsc2)N1. The number of nitrogens with zero attached hydrogens (tertiary/aromatic N) is 2. The Kier molecular flexibility index (Phi) is 2.16. The Morgan fingerprint density at radius 1 is 1.60 bits per heavy atom. The number of aliphatic imine (C=N–C) groups is 1. The van der Waals surface area contributed by atoms with E-state index in [0.717, 1.165) is 25.5 Å².